The summed E-state index contributed by atoms with van der Waals surface area (Å²) in [6.45, 7) is 2.60. The van der Waals surface area contributed by atoms with E-state index in [4.69, 9.17) is 4.74 Å². The normalized spacial score (nSPS) is 19.9. The standard InChI is InChI=1S/C21H36O4.Na/c1-2-3-4-5-6-7-8-9-10-11-14-17-25-21(24)19-16-13-12-15-18(19)20(22)23;/h9-10,18-19H,2-8,11-17H2,1H3,(H,22,23);/q;+1/p-1/b10-9+;. The first-order chi connectivity index (χ1) is 12.2. The Morgan fingerprint density at radius 1 is 0.923 bits per heavy atom. The average Bonchev–Trinajstić information content (AvgIpc) is 2.62. The number of allylic oxidation sites excluding steroid dienone is 2. The first-order valence-electron chi connectivity index (χ1n) is 10.2. The van der Waals surface area contributed by atoms with Crippen molar-refractivity contribution in [3.63, 3.8) is 0 Å². The number of carboxylic acids is 1. The average molecular weight is 374 g/mol. The molecule has 1 aliphatic rings. The third-order valence-electron chi connectivity index (χ3n) is 5.02. The van der Waals surface area contributed by atoms with Gasteiger partial charge in [-0.05, 0) is 38.5 Å². The van der Waals surface area contributed by atoms with Crippen LogP contribution >= 0.6 is 0 Å². The van der Waals surface area contributed by atoms with Gasteiger partial charge in [-0.25, -0.2) is 0 Å². The van der Waals surface area contributed by atoms with Crippen molar-refractivity contribution in [1.82, 2.24) is 0 Å². The molecule has 1 rings (SSSR count). The third kappa shape index (κ3) is 11.4. The van der Waals surface area contributed by atoms with Crippen LogP contribution in [0.4, 0.5) is 0 Å². The number of aliphatic carboxylic acids is 1. The van der Waals surface area contributed by atoms with Crippen molar-refractivity contribution < 1.29 is 49.0 Å². The molecule has 0 aromatic heterocycles. The van der Waals surface area contributed by atoms with Gasteiger partial charge < -0.3 is 14.6 Å². The van der Waals surface area contributed by atoms with Crippen molar-refractivity contribution in [3.05, 3.63) is 12.2 Å². The Bertz CT molecular complexity index is 409. The van der Waals surface area contributed by atoms with E-state index in [-0.39, 0.29) is 35.5 Å². The Hall–Kier alpha value is -0.320. The molecule has 0 N–H and O–H groups in total. The fraction of sp³-hybridized carbons (Fsp3) is 0.810. The SMILES string of the molecule is CCCCCCCC/C=C/CCCOC(=O)C1CCCCC1C(=O)[O-].[Na+]. The molecular weight excluding hydrogens is 339 g/mol. The van der Waals surface area contributed by atoms with Crippen molar-refractivity contribution in [2.45, 2.75) is 90.4 Å². The third-order valence-corrected chi connectivity index (χ3v) is 5.02. The van der Waals surface area contributed by atoms with Gasteiger partial charge in [-0.2, -0.15) is 0 Å². The maximum absolute atomic E-state index is 12.1. The second-order valence-electron chi connectivity index (χ2n) is 7.15. The summed E-state index contributed by atoms with van der Waals surface area (Å²) >= 11 is 0. The second kappa shape index (κ2) is 16.8. The number of carboxylic acid groups (broad SMARTS) is 1. The van der Waals surface area contributed by atoms with Gasteiger partial charge in [0.1, 0.15) is 0 Å². The number of hydrogen-bond acceptors (Lipinski definition) is 4. The van der Waals surface area contributed by atoms with E-state index in [2.05, 4.69) is 19.1 Å². The summed E-state index contributed by atoms with van der Waals surface area (Å²) in [6, 6.07) is 0. The molecule has 5 heteroatoms. The molecule has 0 radical (unpaired) electrons. The van der Waals surface area contributed by atoms with Crippen LogP contribution < -0.4 is 34.7 Å². The zero-order valence-electron chi connectivity index (χ0n) is 16.8. The molecule has 2 unspecified atom stereocenters. The number of carbonyl (C=O) groups is 2. The second-order valence-corrected chi connectivity index (χ2v) is 7.15. The van der Waals surface area contributed by atoms with Crippen molar-refractivity contribution in [2.75, 3.05) is 6.61 Å². The monoisotopic (exact) mass is 374 g/mol. The van der Waals surface area contributed by atoms with Crippen LogP contribution in [-0.4, -0.2) is 18.5 Å². The zero-order chi connectivity index (χ0) is 18.3. The summed E-state index contributed by atoms with van der Waals surface area (Å²) in [5.41, 5.74) is 0. The van der Waals surface area contributed by atoms with Gasteiger partial charge in [0.05, 0.1) is 12.5 Å². The first-order valence-corrected chi connectivity index (χ1v) is 10.2. The van der Waals surface area contributed by atoms with E-state index in [0.29, 0.717) is 19.4 Å². The Morgan fingerprint density at radius 3 is 2.15 bits per heavy atom. The molecule has 2 atom stereocenters. The summed E-state index contributed by atoms with van der Waals surface area (Å²) < 4.78 is 5.28. The summed E-state index contributed by atoms with van der Waals surface area (Å²) in [4.78, 5) is 23.2. The molecule has 0 saturated heterocycles. The van der Waals surface area contributed by atoms with E-state index >= 15 is 0 Å². The van der Waals surface area contributed by atoms with Crippen molar-refractivity contribution in [2.24, 2.45) is 11.8 Å². The molecule has 0 amide bonds. The molecule has 144 valence electrons. The predicted molar refractivity (Wildman–Crippen MR) is 97.8 cm³/mol. The molecule has 0 aromatic carbocycles. The Labute approximate surface area is 181 Å². The van der Waals surface area contributed by atoms with Crippen LogP contribution in [0.25, 0.3) is 0 Å². The fourth-order valence-corrected chi connectivity index (χ4v) is 3.45. The number of esters is 1. The van der Waals surface area contributed by atoms with Crippen LogP contribution in [0.5, 0.6) is 0 Å². The maximum Gasteiger partial charge on any atom is 1.00 e. The summed E-state index contributed by atoms with van der Waals surface area (Å²) in [5, 5.41) is 11.1. The largest absolute Gasteiger partial charge is 1.00 e. The summed E-state index contributed by atoms with van der Waals surface area (Å²) in [5.74, 6) is -2.65. The molecule has 1 aliphatic carbocycles. The topological polar surface area (TPSA) is 66.4 Å². The zero-order valence-corrected chi connectivity index (χ0v) is 18.8. The molecular formula is C21H35NaO4. The summed E-state index contributed by atoms with van der Waals surface area (Å²) in [6.07, 6.45) is 18.0. The molecule has 0 spiro atoms. The quantitative estimate of drug-likeness (QED) is 0.210. The van der Waals surface area contributed by atoms with Gasteiger partial charge in [-0.15, -0.1) is 0 Å². The molecule has 0 aromatic rings. The number of ether oxygens (including phenoxy) is 1. The Kier molecular flexibility index (Phi) is 16.6. The summed E-state index contributed by atoms with van der Waals surface area (Å²) in [7, 11) is 0. The van der Waals surface area contributed by atoms with Crippen LogP contribution in [0.3, 0.4) is 0 Å². The molecule has 0 heterocycles. The molecule has 0 bridgehead atoms. The van der Waals surface area contributed by atoms with E-state index in [1.54, 1.807) is 0 Å². The molecule has 0 aliphatic heterocycles. The van der Waals surface area contributed by atoms with Crippen molar-refractivity contribution in [1.29, 1.82) is 0 Å². The van der Waals surface area contributed by atoms with Gasteiger partial charge in [0.15, 0.2) is 0 Å². The van der Waals surface area contributed by atoms with Crippen LogP contribution in [0, 0.1) is 11.8 Å². The van der Waals surface area contributed by atoms with Crippen molar-refractivity contribution >= 4 is 11.9 Å². The van der Waals surface area contributed by atoms with Crippen LogP contribution in [0.1, 0.15) is 90.4 Å². The van der Waals surface area contributed by atoms with E-state index < -0.39 is 17.8 Å². The van der Waals surface area contributed by atoms with E-state index in [9.17, 15) is 14.7 Å². The number of hydrogen-bond donors (Lipinski definition) is 0. The van der Waals surface area contributed by atoms with Gasteiger partial charge in [0, 0.05) is 11.9 Å². The minimum absolute atomic E-state index is 0. The maximum atomic E-state index is 12.1. The van der Waals surface area contributed by atoms with E-state index in [1.165, 1.54) is 38.5 Å². The Balaban J connectivity index is 0.00000625. The van der Waals surface area contributed by atoms with Gasteiger partial charge in [-0.1, -0.05) is 64.0 Å². The predicted octanol–water partition coefficient (Wildman–Crippen LogP) is 1.18. The van der Waals surface area contributed by atoms with Crippen LogP contribution in [0.15, 0.2) is 12.2 Å². The van der Waals surface area contributed by atoms with Crippen molar-refractivity contribution in [3.8, 4) is 0 Å². The number of rotatable bonds is 13. The van der Waals surface area contributed by atoms with E-state index in [1.807, 2.05) is 0 Å². The smallest absolute Gasteiger partial charge is 0.550 e. The number of unbranched alkanes of at least 4 members (excludes halogenated alkanes) is 7. The molecule has 1 saturated carbocycles. The minimum Gasteiger partial charge on any atom is -0.550 e. The molecule has 4 nitrogen and oxygen atoms in total. The first kappa shape index (κ1) is 25.7. The van der Waals surface area contributed by atoms with Gasteiger partial charge in [0.25, 0.3) is 0 Å². The molecule has 1 fully saturated rings. The van der Waals surface area contributed by atoms with Gasteiger partial charge >= 0.3 is 35.5 Å². The van der Waals surface area contributed by atoms with Gasteiger partial charge in [-0.3, -0.25) is 4.79 Å². The minimum atomic E-state index is -1.11. The Morgan fingerprint density at radius 2 is 1.50 bits per heavy atom. The van der Waals surface area contributed by atoms with Gasteiger partial charge in [0.2, 0.25) is 0 Å². The molecule has 26 heavy (non-hydrogen) atoms. The van der Waals surface area contributed by atoms with Crippen LogP contribution in [-0.2, 0) is 14.3 Å². The number of carbonyl (C=O) groups excluding carboxylic acids is 2. The van der Waals surface area contributed by atoms with Crippen LogP contribution in [0.2, 0.25) is 0 Å². The van der Waals surface area contributed by atoms with E-state index in [0.717, 1.165) is 32.1 Å². The fourth-order valence-electron chi connectivity index (χ4n) is 3.45.